The van der Waals surface area contributed by atoms with E-state index in [0.717, 1.165) is 18.5 Å². The summed E-state index contributed by atoms with van der Waals surface area (Å²) in [6.07, 6.45) is 3.22. The SMILES string of the molecule is CN(Cc1ccccn1)C(=O)C1CC12CCN(S(=O)(=O)c1ccccc1)C2. The Hall–Kier alpha value is -2.25. The molecule has 1 aromatic carbocycles. The van der Waals surface area contributed by atoms with Gasteiger partial charge in [-0.05, 0) is 42.5 Å². The molecule has 2 atom stereocenters. The molecule has 2 unspecified atom stereocenters. The number of hydrogen-bond acceptors (Lipinski definition) is 4. The lowest BCUT2D eigenvalue weighted by Crippen LogP contribution is -2.32. The lowest BCUT2D eigenvalue weighted by molar-refractivity contribution is -0.132. The lowest BCUT2D eigenvalue weighted by Gasteiger charge is -2.19. The zero-order valence-corrected chi connectivity index (χ0v) is 16.1. The molecule has 6 nitrogen and oxygen atoms in total. The molecule has 2 aromatic rings. The Morgan fingerprint density at radius 3 is 2.67 bits per heavy atom. The summed E-state index contributed by atoms with van der Waals surface area (Å²) in [5, 5.41) is 0. The summed E-state index contributed by atoms with van der Waals surface area (Å²) in [5.41, 5.74) is 0.653. The van der Waals surface area contributed by atoms with E-state index in [-0.39, 0.29) is 17.2 Å². The van der Waals surface area contributed by atoms with Crippen molar-refractivity contribution in [3.8, 4) is 0 Å². The zero-order valence-electron chi connectivity index (χ0n) is 15.3. The average molecular weight is 385 g/mol. The molecule has 0 N–H and O–H groups in total. The predicted octanol–water partition coefficient (Wildman–Crippen LogP) is 2.14. The maximum Gasteiger partial charge on any atom is 0.243 e. The van der Waals surface area contributed by atoms with Crippen LogP contribution in [0.4, 0.5) is 0 Å². The number of benzene rings is 1. The van der Waals surface area contributed by atoms with Crippen LogP contribution in [0.3, 0.4) is 0 Å². The molecule has 2 fully saturated rings. The van der Waals surface area contributed by atoms with Crippen LogP contribution < -0.4 is 0 Å². The molecule has 1 amide bonds. The van der Waals surface area contributed by atoms with Crippen LogP contribution in [0.5, 0.6) is 0 Å². The fraction of sp³-hybridized carbons (Fsp3) is 0.400. The first kappa shape index (κ1) is 18.1. The van der Waals surface area contributed by atoms with Crippen LogP contribution in [0.25, 0.3) is 0 Å². The van der Waals surface area contributed by atoms with E-state index in [1.165, 1.54) is 4.31 Å². The monoisotopic (exact) mass is 385 g/mol. The van der Waals surface area contributed by atoms with Crippen LogP contribution in [-0.2, 0) is 21.4 Å². The number of carbonyl (C=O) groups excluding carboxylic acids is 1. The van der Waals surface area contributed by atoms with Gasteiger partial charge in [0.1, 0.15) is 0 Å². The number of aromatic nitrogens is 1. The van der Waals surface area contributed by atoms with Crippen molar-refractivity contribution in [1.82, 2.24) is 14.2 Å². The van der Waals surface area contributed by atoms with Crippen molar-refractivity contribution in [1.29, 1.82) is 0 Å². The normalized spacial score (nSPS) is 24.9. The van der Waals surface area contributed by atoms with Crippen molar-refractivity contribution in [2.24, 2.45) is 11.3 Å². The molecule has 7 heteroatoms. The lowest BCUT2D eigenvalue weighted by atomic mass is 10.0. The smallest absolute Gasteiger partial charge is 0.243 e. The molecule has 1 aliphatic heterocycles. The Kier molecular flexibility index (Phi) is 4.52. The standard InChI is InChI=1S/C20H23N3O3S/c1-22(14-16-7-5-6-11-21-16)19(24)18-13-20(18)10-12-23(15-20)27(25,26)17-8-3-2-4-9-17/h2-9,11,18H,10,12-15H2,1H3. The molecule has 4 rings (SSSR count). The minimum absolute atomic E-state index is 0.0830. The van der Waals surface area contributed by atoms with E-state index < -0.39 is 10.0 Å². The Labute approximate surface area is 159 Å². The van der Waals surface area contributed by atoms with Crippen molar-refractivity contribution in [2.75, 3.05) is 20.1 Å². The summed E-state index contributed by atoms with van der Waals surface area (Å²) < 4.78 is 27.2. The predicted molar refractivity (Wildman–Crippen MR) is 101 cm³/mol. The van der Waals surface area contributed by atoms with E-state index >= 15 is 0 Å². The quantitative estimate of drug-likeness (QED) is 0.791. The number of carbonyl (C=O) groups is 1. The molecule has 1 aliphatic carbocycles. The fourth-order valence-corrected chi connectivity index (χ4v) is 5.59. The van der Waals surface area contributed by atoms with Gasteiger partial charge in [-0.15, -0.1) is 0 Å². The topological polar surface area (TPSA) is 70.6 Å². The molecule has 1 spiro atoms. The highest BCUT2D eigenvalue weighted by molar-refractivity contribution is 7.89. The second-order valence-electron chi connectivity index (χ2n) is 7.54. The number of amides is 1. The van der Waals surface area contributed by atoms with Gasteiger partial charge in [-0.3, -0.25) is 9.78 Å². The summed E-state index contributed by atoms with van der Waals surface area (Å²) in [6.45, 7) is 1.38. The van der Waals surface area contributed by atoms with E-state index in [0.29, 0.717) is 24.5 Å². The first-order valence-electron chi connectivity index (χ1n) is 9.12. The summed E-state index contributed by atoms with van der Waals surface area (Å²) >= 11 is 0. The minimum Gasteiger partial charge on any atom is -0.340 e. The number of rotatable bonds is 5. The van der Waals surface area contributed by atoms with Crippen molar-refractivity contribution >= 4 is 15.9 Å². The molecule has 142 valence electrons. The molecular formula is C20H23N3O3S. The van der Waals surface area contributed by atoms with E-state index in [9.17, 15) is 13.2 Å². The molecule has 1 aromatic heterocycles. The number of sulfonamides is 1. The van der Waals surface area contributed by atoms with Crippen LogP contribution in [0.1, 0.15) is 18.5 Å². The molecule has 1 saturated heterocycles. The second kappa shape index (κ2) is 6.73. The van der Waals surface area contributed by atoms with Gasteiger partial charge >= 0.3 is 0 Å². The third-order valence-electron chi connectivity index (χ3n) is 5.72. The molecule has 27 heavy (non-hydrogen) atoms. The average Bonchev–Trinajstić information content (AvgIpc) is 3.20. The summed E-state index contributed by atoms with van der Waals surface area (Å²) in [6, 6.07) is 14.2. The first-order valence-corrected chi connectivity index (χ1v) is 10.6. The molecule has 2 aliphatic rings. The van der Waals surface area contributed by atoms with Crippen molar-refractivity contribution < 1.29 is 13.2 Å². The maximum absolute atomic E-state index is 12.8. The third kappa shape index (κ3) is 3.37. The summed E-state index contributed by atoms with van der Waals surface area (Å²) in [4.78, 5) is 19.1. The Morgan fingerprint density at radius 1 is 1.22 bits per heavy atom. The highest BCUT2D eigenvalue weighted by atomic mass is 32.2. The highest BCUT2D eigenvalue weighted by Crippen LogP contribution is 2.59. The molecule has 0 radical (unpaired) electrons. The maximum atomic E-state index is 12.8. The van der Waals surface area contributed by atoms with E-state index in [2.05, 4.69) is 4.98 Å². The van der Waals surface area contributed by atoms with Crippen molar-refractivity contribution in [3.05, 3.63) is 60.4 Å². The van der Waals surface area contributed by atoms with Crippen molar-refractivity contribution in [3.63, 3.8) is 0 Å². The van der Waals surface area contributed by atoms with Gasteiger partial charge in [-0.2, -0.15) is 4.31 Å². The van der Waals surface area contributed by atoms with Gasteiger partial charge < -0.3 is 4.90 Å². The summed E-state index contributed by atoms with van der Waals surface area (Å²) in [5.74, 6) is -0.0122. The van der Waals surface area contributed by atoms with Crippen LogP contribution >= 0.6 is 0 Å². The molecular weight excluding hydrogens is 362 g/mol. The largest absolute Gasteiger partial charge is 0.340 e. The summed E-state index contributed by atoms with van der Waals surface area (Å²) in [7, 11) is -1.70. The van der Waals surface area contributed by atoms with E-state index in [1.807, 2.05) is 18.2 Å². The molecule has 0 bridgehead atoms. The Bertz CT molecular complexity index is 933. The highest BCUT2D eigenvalue weighted by Gasteiger charge is 2.62. The Morgan fingerprint density at radius 2 is 1.96 bits per heavy atom. The van der Waals surface area contributed by atoms with Gasteiger partial charge in [0.05, 0.1) is 17.1 Å². The second-order valence-corrected chi connectivity index (χ2v) is 9.47. The number of nitrogens with zero attached hydrogens (tertiary/aromatic N) is 3. The van der Waals surface area contributed by atoms with Gasteiger partial charge in [0.25, 0.3) is 0 Å². The molecule has 2 heterocycles. The minimum atomic E-state index is -3.49. The van der Waals surface area contributed by atoms with Gasteiger partial charge in [-0.1, -0.05) is 24.3 Å². The van der Waals surface area contributed by atoms with Gasteiger partial charge in [-0.25, -0.2) is 8.42 Å². The van der Waals surface area contributed by atoms with Gasteiger partial charge in [0, 0.05) is 32.3 Å². The Balaban J connectivity index is 1.41. The number of pyridine rings is 1. The fourth-order valence-electron chi connectivity index (χ4n) is 4.03. The van der Waals surface area contributed by atoms with Crippen molar-refractivity contribution in [2.45, 2.75) is 24.3 Å². The van der Waals surface area contributed by atoms with Gasteiger partial charge in [0.2, 0.25) is 15.9 Å². The van der Waals surface area contributed by atoms with Crippen LogP contribution in [0.15, 0.2) is 59.6 Å². The van der Waals surface area contributed by atoms with Crippen LogP contribution in [0.2, 0.25) is 0 Å². The van der Waals surface area contributed by atoms with Crippen LogP contribution in [-0.4, -0.2) is 48.7 Å². The third-order valence-corrected chi connectivity index (χ3v) is 7.58. The van der Waals surface area contributed by atoms with E-state index in [1.54, 1.807) is 48.5 Å². The van der Waals surface area contributed by atoms with E-state index in [4.69, 9.17) is 0 Å². The first-order chi connectivity index (χ1) is 12.9. The molecule has 1 saturated carbocycles. The zero-order chi connectivity index (χ0) is 19.1. The number of hydrogen-bond donors (Lipinski definition) is 0. The van der Waals surface area contributed by atoms with Gasteiger partial charge in [0.15, 0.2) is 0 Å². The van der Waals surface area contributed by atoms with Crippen LogP contribution in [0, 0.1) is 11.3 Å².